The highest BCUT2D eigenvalue weighted by atomic mass is 16.5. The second kappa shape index (κ2) is 4.94. The van der Waals surface area contributed by atoms with Gasteiger partial charge in [0.05, 0.1) is 25.3 Å². The van der Waals surface area contributed by atoms with Crippen molar-refractivity contribution >= 4 is 5.91 Å². The number of amides is 1. The maximum absolute atomic E-state index is 12.2. The Labute approximate surface area is 91.0 Å². The minimum Gasteiger partial charge on any atom is -0.377 e. The first-order chi connectivity index (χ1) is 7.33. The van der Waals surface area contributed by atoms with Crippen LogP contribution in [0.3, 0.4) is 0 Å². The maximum atomic E-state index is 12.2. The summed E-state index contributed by atoms with van der Waals surface area (Å²) < 4.78 is 5.40. The lowest BCUT2D eigenvalue weighted by Crippen LogP contribution is -2.53. The van der Waals surface area contributed by atoms with Gasteiger partial charge in [0.2, 0.25) is 5.91 Å². The molecule has 2 aliphatic heterocycles. The van der Waals surface area contributed by atoms with Crippen molar-refractivity contribution in [3.8, 4) is 0 Å². The molecule has 2 atom stereocenters. The van der Waals surface area contributed by atoms with Crippen molar-refractivity contribution in [2.75, 3.05) is 26.3 Å². The van der Waals surface area contributed by atoms with Gasteiger partial charge in [-0.05, 0) is 25.8 Å². The van der Waals surface area contributed by atoms with Gasteiger partial charge in [-0.25, -0.2) is 0 Å². The van der Waals surface area contributed by atoms with Gasteiger partial charge in [0, 0.05) is 6.54 Å². The van der Waals surface area contributed by atoms with Crippen LogP contribution in [0.25, 0.3) is 0 Å². The number of carbonyl (C=O) groups excluding carboxylic acids is 1. The molecule has 2 heterocycles. The summed E-state index contributed by atoms with van der Waals surface area (Å²) in [6.07, 6.45) is 3.10. The number of rotatable bonds is 2. The lowest BCUT2D eigenvalue weighted by Gasteiger charge is -2.36. The summed E-state index contributed by atoms with van der Waals surface area (Å²) in [4.78, 5) is 14.2. The normalized spacial score (nSPS) is 31.9. The van der Waals surface area contributed by atoms with E-state index in [4.69, 9.17) is 4.74 Å². The van der Waals surface area contributed by atoms with E-state index in [1.54, 1.807) is 0 Å². The fourth-order valence-corrected chi connectivity index (χ4v) is 2.38. The molecule has 0 radical (unpaired) electrons. The fourth-order valence-electron chi connectivity index (χ4n) is 2.38. The summed E-state index contributed by atoms with van der Waals surface area (Å²) >= 11 is 0. The van der Waals surface area contributed by atoms with E-state index in [1.807, 2.05) is 4.90 Å². The Hall–Kier alpha value is -0.610. The van der Waals surface area contributed by atoms with Gasteiger partial charge in [0.25, 0.3) is 0 Å². The van der Waals surface area contributed by atoms with E-state index >= 15 is 0 Å². The fraction of sp³-hybridized carbons (Fsp3) is 0.909. The summed E-state index contributed by atoms with van der Waals surface area (Å²) in [6, 6.07) is 0.353. The van der Waals surface area contributed by atoms with Gasteiger partial charge < -0.3 is 15.0 Å². The van der Waals surface area contributed by atoms with Crippen molar-refractivity contribution in [1.82, 2.24) is 10.2 Å². The molecule has 4 nitrogen and oxygen atoms in total. The monoisotopic (exact) mass is 212 g/mol. The maximum Gasteiger partial charge on any atom is 0.240 e. The zero-order chi connectivity index (χ0) is 10.7. The molecule has 2 unspecified atom stereocenters. The minimum atomic E-state index is 0.0668. The van der Waals surface area contributed by atoms with Gasteiger partial charge in [0.15, 0.2) is 0 Å². The third-order valence-electron chi connectivity index (χ3n) is 3.34. The van der Waals surface area contributed by atoms with Crippen molar-refractivity contribution in [2.24, 2.45) is 0 Å². The van der Waals surface area contributed by atoms with Crippen molar-refractivity contribution in [3.63, 3.8) is 0 Å². The Morgan fingerprint density at radius 2 is 2.47 bits per heavy atom. The Bertz CT molecular complexity index is 227. The molecule has 1 N–H and O–H groups in total. The zero-order valence-corrected chi connectivity index (χ0v) is 9.37. The molecule has 0 aromatic carbocycles. The lowest BCUT2D eigenvalue weighted by atomic mass is 10.1. The highest BCUT2D eigenvalue weighted by Gasteiger charge is 2.32. The highest BCUT2D eigenvalue weighted by Crippen LogP contribution is 2.15. The molecule has 86 valence electrons. The predicted molar refractivity (Wildman–Crippen MR) is 57.6 cm³/mol. The molecule has 0 aromatic rings. The van der Waals surface area contributed by atoms with Crippen LogP contribution < -0.4 is 5.32 Å². The molecule has 0 aromatic heterocycles. The van der Waals surface area contributed by atoms with Crippen molar-refractivity contribution < 1.29 is 9.53 Å². The molecule has 2 rings (SSSR count). The van der Waals surface area contributed by atoms with Gasteiger partial charge >= 0.3 is 0 Å². The number of morpholine rings is 1. The number of ether oxygens (including phenoxy) is 1. The highest BCUT2D eigenvalue weighted by molar-refractivity contribution is 5.82. The Balaban J connectivity index is 1.96. The van der Waals surface area contributed by atoms with Crippen LogP contribution in [0.1, 0.15) is 26.2 Å². The number of carbonyl (C=O) groups is 1. The van der Waals surface area contributed by atoms with Crippen LogP contribution in [-0.2, 0) is 9.53 Å². The zero-order valence-electron chi connectivity index (χ0n) is 9.37. The van der Waals surface area contributed by atoms with E-state index in [0.29, 0.717) is 13.2 Å². The van der Waals surface area contributed by atoms with E-state index in [0.717, 1.165) is 32.4 Å². The van der Waals surface area contributed by atoms with Crippen LogP contribution in [0.15, 0.2) is 0 Å². The average molecular weight is 212 g/mol. The summed E-state index contributed by atoms with van der Waals surface area (Å²) in [7, 11) is 0. The number of hydrogen-bond donors (Lipinski definition) is 1. The number of nitrogens with one attached hydrogen (secondary N) is 1. The predicted octanol–water partition coefficient (Wildman–Crippen LogP) is 0.376. The van der Waals surface area contributed by atoms with Gasteiger partial charge in [0.1, 0.15) is 0 Å². The molecule has 0 bridgehead atoms. The van der Waals surface area contributed by atoms with Crippen molar-refractivity contribution in [1.29, 1.82) is 0 Å². The Morgan fingerprint density at radius 3 is 3.13 bits per heavy atom. The molecule has 2 aliphatic rings. The number of hydrogen-bond acceptors (Lipinski definition) is 3. The van der Waals surface area contributed by atoms with Crippen molar-refractivity contribution in [2.45, 2.75) is 38.3 Å². The van der Waals surface area contributed by atoms with Gasteiger partial charge in [-0.1, -0.05) is 6.92 Å². The van der Waals surface area contributed by atoms with E-state index in [1.165, 1.54) is 0 Å². The van der Waals surface area contributed by atoms with Crippen molar-refractivity contribution in [3.05, 3.63) is 0 Å². The summed E-state index contributed by atoms with van der Waals surface area (Å²) in [5.41, 5.74) is 0. The first kappa shape index (κ1) is 10.9. The smallest absolute Gasteiger partial charge is 0.240 e. The summed E-state index contributed by atoms with van der Waals surface area (Å²) in [5.74, 6) is 0.280. The Morgan fingerprint density at radius 1 is 1.60 bits per heavy atom. The van der Waals surface area contributed by atoms with Crippen LogP contribution in [0.2, 0.25) is 0 Å². The first-order valence-corrected chi connectivity index (χ1v) is 5.94. The third kappa shape index (κ3) is 2.32. The molecule has 0 spiro atoms. The molecule has 0 aliphatic carbocycles. The van der Waals surface area contributed by atoms with Crippen LogP contribution >= 0.6 is 0 Å². The molecule has 15 heavy (non-hydrogen) atoms. The van der Waals surface area contributed by atoms with E-state index in [9.17, 15) is 4.79 Å². The Kier molecular flexibility index (Phi) is 3.59. The van der Waals surface area contributed by atoms with E-state index in [-0.39, 0.29) is 18.0 Å². The molecule has 0 saturated carbocycles. The van der Waals surface area contributed by atoms with Crippen LogP contribution in [0, 0.1) is 0 Å². The quantitative estimate of drug-likeness (QED) is 0.719. The van der Waals surface area contributed by atoms with Crippen LogP contribution in [-0.4, -0.2) is 49.2 Å². The largest absolute Gasteiger partial charge is 0.377 e. The lowest BCUT2D eigenvalue weighted by molar-refractivity contribution is -0.141. The van der Waals surface area contributed by atoms with Crippen LogP contribution in [0.5, 0.6) is 0 Å². The van der Waals surface area contributed by atoms with Gasteiger partial charge in [-0.15, -0.1) is 0 Å². The second-order valence-corrected chi connectivity index (χ2v) is 4.32. The van der Waals surface area contributed by atoms with E-state index in [2.05, 4.69) is 12.2 Å². The second-order valence-electron chi connectivity index (χ2n) is 4.32. The summed E-state index contributed by atoms with van der Waals surface area (Å²) in [5, 5.41) is 3.27. The SMILES string of the molecule is CCC1COCCN1C(=O)C1CCCN1. The molecular formula is C11H20N2O2. The molecule has 2 saturated heterocycles. The number of nitrogens with zero attached hydrogens (tertiary/aromatic N) is 1. The standard InChI is InChI=1S/C11H20N2O2/c1-2-9-8-15-7-6-13(9)11(14)10-4-3-5-12-10/h9-10,12H,2-8H2,1H3. The summed E-state index contributed by atoms with van der Waals surface area (Å²) in [6.45, 7) is 5.25. The third-order valence-corrected chi connectivity index (χ3v) is 3.34. The topological polar surface area (TPSA) is 41.6 Å². The van der Waals surface area contributed by atoms with Gasteiger partial charge in [-0.3, -0.25) is 4.79 Å². The van der Waals surface area contributed by atoms with Crippen LogP contribution in [0.4, 0.5) is 0 Å². The van der Waals surface area contributed by atoms with Gasteiger partial charge in [-0.2, -0.15) is 0 Å². The minimum absolute atomic E-state index is 0.0668. The average Bonchev–Trinajstić information content (AvgIpc) is 2.81. The first-order valence-electron chi connectivity index (χ1n) is 5.94. The molecular weight excluding hydrogens is 192 g/mol. The molecule has 4 heteroatoms. The van der Waals surface area contributed by atoms with E-state index < -0.39 is 0 Å². The molecule has 1 amide bonds. The molecule has 2 fully saturated rings.